The number of nitrogens with zero attached hydrogens (tertiary/aromatic N) is 1. The largest absolute Gasteiger partial charge is 0.384 e. The number of H-pyrrole nitrogens is 1. The molecule has 30 heavy (non-hydrogen) atoms. The zero-order chi connectivity index (χ0) is 22.0. The van der Waals surface area contributed by atoms with Gasteiger partial charge in [-0.05, 0) is 44.1 Å². The average Bonchev–Trinajstić information content (AvgIpc) is 2.98. The zero-order valence-corrected chi connectivity index (χ0v) is 18.1. The van der Waals surface area contributed by atoms with E-state index in [9.17, 15) is 9.18 Å². The van der Waals surface area contributed by atoms with Crippen LogP contribution in [0.4, 0.5) is 10.2 Å². The lowest BCUT2D eigenvalue weighted by molar-refractivity contribution is 0.0896. The minimum Gasteiger partial charge on any atom is -0.384 e. The molecule has 6 nitrogen and oxygen atoms in total. The number of nitrogens with two attached hydrogens (primary N) is 2. The van der Waals surface area contributed by atoms with E-state index < -0.39 is 17.8 Å². The van der Waals surface area contributed by atoms with E-state index in [0.29, 0.717) is 28.9 Å². The second-order valence-electron chi connectivity index (χ2n) is 8.76. The Kier molecular flexibility index (Phi) is 4.78. The molecule has 4 rings (SSSR count). The number of carbonyl (C=O) groups excluding carboxylic acids is 1. The number of pyridine rings is 1. The van der Waals surface area contributed by atoms with E-state index in [1.807, 2.05) is 20.8 Å². The van der Waals surface area contributed by atoms with Crippen molar-refractivity contribution in [2.75, 3.05) is 5.73 Å². The van der Waals surface area contributed by atoms with Crippen LogP contribution >= 0.6 is 11.6 Å². The first-order chi connectivity index (χ1) is 14.0. The lowest BCUT2D eigenvalue weighted by atomic mass is 9.83. The smallest absolute Gasteiger partial charge is 0.253 e. The number of aromatic amines is 1. The van der Waals surface area contributed by atoms with E-state index in [4.69, 9.17) is 23.1 Å². The van der Waals surface area contributed by atoms with E-state index in [1.54, 1.807) is 25.3 Å². The van der Waals surface area contributed by atoms with Crippen LogP contribution in [0.3, 0.4) is 0 Å². The zero-order valence-electron chi connectivity index (χ0n) is 17.4. The van der Waals surface area contributed by atoms with Crippen LogP contribution in [0.1, 0.15) is 48.0 Å². The molecule has 8 heteroatoms. The fraction of sp³-hybridized carbons (Fsp3) is 0.364. The summed E-state index contributed by atoms with van der Waals surface area (Å²) in [5.41, 5.74) is 17.2. The van der Waals surface area contributed by atoms with Crippen molar-refractivity contribution >= 4 is 28.9 Å². The number of halogens is 2. The van der Waals surface area contributed by atoms with Gasteiger partial charge in [-0.2, -0.15) is 0 Å². The number of fused-ring (bicyclic) bond motifs is 1. The molecule has 0 aromatic carbocycles. The molecule has 0 spiro atoms. The van der Waals surface area contributed by atoms with Crippen LogP contribution in [0.25, 0.3) is 16.8 Å². The fourth-order valence-corrected chi connectivity index (χ4v) is 4.63. The highest BCUT2D eigenvalue weighted by atomic mass is 35.5. The van der Waals surface area contributed by atoms with Crippen LogP contribution < -0.4 is 16.8 Å². The summed E-state index contributed by atoms with van der Waals surface area (Å²) in [5.74, 6) is -0.771. The first-order valence-electron chi connectivity index (χ1n) is 9.82. The molecule has 6 N–H and O–H groups in total. The number of rotatable bonds is 2. The van der Waals surface area contributed by atoms with Crippen molar-refractivity contribution in [1.82, 2.24) is 15.3 Å². The van der Waals surface area contributed by atoms with Gasteiger partial charge in [-0.25, -0.2) is 9.37 Å². The number of anilines is 1. The summed E-state index contributed by atoms with van der Waals surface area (Å²) < 4.78 is 14.3. The lowest BCUT2D eigenvalue weighted by Crippen LogP contribution is -2.49. The summed E-state index contributed by atoms with van der Waals surface area (Å²) in [4.78, 5) is 20.4. The molecule has 2 aromatic rings. The molecule has 0 bridgehead atoms. The van der Waals surface area contributed by atoms with E-state index in [-0.39, 0.29) is 16.5 Å². The monoisotopic (exact) mass is 429 g/mol. The molecular weight excluding hydrogens is 405 g/mol. The molecule has 0 saturated heterocycles. The Labute approximate surface area is 179 Å². The second-order valence-corrected chi connectivity index (χ2v) is 9.17. The summed E-state index contributed by atoms with van der Waals surface area (Å²) in [6, 6.07) is 1.15. The second kappa shape index (κ2) is 6.96. The third-order valence-electron chi connectivity index (χ3n) is 5.94. The highest BCUT2D eigenvalue weighted by Gasteiger charge is 2.35. The van der Waals surface area contributed by atoms with Crippen molar-refractivity contribution in [3.63, 3.8) is 0 Å². The van der Waals surface area contributed by atoms with Gasteiger partial charge in [0.15, 0.2) is 0 Å². The molecule has 2 aromatic heterocycles. The quantitative estimate of drug-likeness (QED) is 0.581. The van der Waals surface area contributed by atoms with Gasteiger partial charge in [-0.15, -0.1) is 0 Å². The third kappa shape index (κ3) is 3.22. The molecule has 1 aliphatic carbocycles. The van der Waals surface area contributed by atoms with Gasteiger partial charge in [0.25, 0.3) is 5.91 Å². The number of carbonyl (C=O) groups is 1. The molecule has 2 atom stereocenters. The van der Waals surface area contributed by atoms with Crippen molar-refractivity contribution in [3.8, 4) is 11.3 Å². The van der Waals surface area contributed by atoms with Gasteiger partial charge in [-0.3, -0.25) is 4.79 Å². The van der Waals surface area contributed by atoms with Crippen LogP contribution in [0.15, 0.2) is 29.2 Å². The number of allylic oxidation sites excluding steroid dienone is 2. The number of nitrogens with one attached hydrogen (secondary N) is 2. The van der Waals surface area contributed by atoms with Gasteiger partial charge in [0, 0.05) is 46.9 Å². The van der Waals surface area contributed by atoms with Crippen LogP contribution in [0.2, 0.25) is 0 Å². The van der Waals surface area contributed by atoms with Gasteiger partial charge >= 0.3 is 0 Å². The minimum absolute atomic E-state index is 0.0330. The topological polar surface area (TPSA) is 110 Å². The molecule has 0 radical (unpaired) electrons. The Morgan fingerprint density at radius 2 is 2.03 bits per heavy atom. The molecule has 158 valence electrons. The average molecular weight is 430 g/mol. The Bertz CT molecular complexity index is 1130. The maximum Gasteiger partial charge on any atom is 0.253 e. The maximum atomic E-state index is 14.3. The van der Waals surface area contributed by atoms with E-state index >= 15 is 0 Å². The normalized spacial score (nSPS) is 23.2. The molecule has 2 unspecified atom stereocenters. The van der Waals surface area contributed by atoms with Crippen molar-refractivity contribution in [3.05, 3.63) is 51.6 Å². The lowest BCUT2D eigenvalue weighted by Gasteiger charge is -2.30. The van der Waals surface area contributed by atoms with Crippen LogP contribution in [-0.4, -0.2) is 27.5 Å². The van der Waals surface area contributed by atoms with Crippen LogP contribution in [-0.2, 0) is 6.42 Å². The Morgan fingerprint density at radius 3 is 2.73 bits per heavy atom. The van der Waals surface area contributed by atoms with Gasteiger partial charge in [0.2, 0.25) is 0 Å². The van der Waals surface area contributed by atoms with Crippen LogP contribution in [0, 0.1) is 12.8 Å². The predicted molar refractivity (Wildman–Crippen MR) is 118 cm³/mol. The number of hydrogen-bond acceptors (Lipinski definition) is 4. The predicted octanol–water partition coefficient (Wildman–Crippen LogP) is 3.81. The van der Waals surface area contributed by atoms with Crippen molar-refractivity contribution < 1.29 is 9.18 Å². The van der Waals surface area contributed by atoms with Gasteiger partial charge in [0.05, 0.1) is 16.3 Å². The third-order valence-corrected chi connectivity index (χ3v) is 6.23. The SMILES string of the molecule is Cc1c(-c2cc(N)ncc2C2=CC(Cl)=C(F)C(C)C2N)[nH]c2c1C(=O)NC(C)(C)C2. The Hall–Kier alpha value is -2.64. The van der Waals surface area contributed by atoms with Crippen molar-refractivity contribution in [2.24, 2.45) is 11.7 Å². The standard InChI is InChI=1S/C22H25ClFN5O/c1-9-17-15(7-22(3,4)29-21(17)30)28-20(9)12-6-16(25)27-8-13(12)11-5-14(23)18(24)10(2)19(11)26/h5-6,8,10,19,28H,7,26H2,1-4H3,(H2,25,27)(H,29,30). The maximum absolute atomic E-state index is 14.3. The molecule has 2 aliphatic rings. The molecule has 3 heterocycles. The summed E-state index contributed by atoms with van der Waals surface area (Å²) in [6.07, 6.45) is 3.84. The van der Waals surface area contributed by atoms with Gasteiger partial charge in [-0.1, -0.05) is 18.5 Å². The molecule has 1 aliphatic heterocycles. The van der Waals surface area contributed by atoms with E-state index in [2.05, 4.69) is 15.3 Å². The first kappa shape index (κ1) is 20.6. The number of aromatic nitrogens is 2. The number of hydrogen-bond donors (Lipinski definition) is 4. The summed E-state index contributed by atoms with van der Waals surface area (Å²) in [5, 5.41) is 3.07. The van der Waals surface area contributed by atoms with Gasteiger partial charge < -0.3 is 21.8 Å². The Morgan fingerprint density at radius 1 is 1.33 bits per heavy atom. The summed E-state index contributed by atoms with van der Waals surface area (Å²) in [6.45, 7) is 7.56. The first-order valence-corrected chi connectivity index (χ1v) is 10.2. The number of amides is 1. The highest BCUT2D eigenvalue weighted by Crippen LogP contribution is 2.41. The molecular formula is C22H25ClFN5O. The molecule has 0 saturated carbocycles. The summed E-state index contributed by atoms with van der Waals surface area (Å²) >= 11 is 6.13. The fourth-order valence-electron chi connectivity index (χ4n) is 4.34. The Balaban J connectivity index is 1.92. The minimum atomic E-state index is -0.594. The molecule has 1 amide bonds. The molecule has 0 fully saturated rings. The van der Waals surface area contributed by atoms with E-state index in [0.717, 1.165) is 22.5 Å². The van der Waals surface area contributed by atoms with Crippen LogP contribution in [0.5, 0.6) is 0 Å². The van der Waals surface area contributed by atoms with Crippen molar-refractivity contribution in [1.29, 1.82) is 0 Å². The highest BCUT2D eigenvalue weighted by molar-refractivity contribution is 6.32. The van der Waals surface area contributed by atoms with Crippen molar-refractivity contribution in [2.45, 2.75) is 45.7 Å². The van der Waals surface area contributed by atoms with E-state index in [1.165, 1.54) is 0 Å². The number of nitrogen functional groups attached to an aromatic ring is 1. The summed E-state index contributed by atoms with van der Waals surface area (Å²) in [7, 11) is 0. The van der Waals surface area contributed by atoms with Gasteiger partial charge in [0.1, 0.15) is 11.6 Å².